The lowest BCUT2D eigenvalue weighted by Crippen LogP contribution is -2.46. The fourth-order valence-corrected chi connectivity index (χ4v) is 1.84. The number of carboxylic acid groups (broad SMARTS) is 1. The van der Waals surface area contributed by atoms with E-state index >= 15 is 0 Å². The van der Waals surface area contributed by atoms with Crippen molar-refractivity contribution in [1.29, 1.82) is 0 Å². The molecule has 1 aromatic carbocycles. The van der Waals surface area contributed by atoms with E-state index in [2.05, 4.69) is 5.32 Å². The van der Waals surface area contributed by atoms with Gasteiger partial charge in [0.2, 0.25) is 0 Å². The Balaban J connectivity index is 2.62. The van der Waals surface area contributed by atoms with Crippen LogP contribution in [0.4, 0.5) is 0 Å². The SMILES string of the molecule is CCOC(=O)[C@H](CCc1ccccc1)N[C@@H](C)C(=O)O. The number of carbonyl (C=O) groups is 2. The van der Waals surface area contributed by atoms with Crippen LogP contribution in [0.15, 0.2) is 30.3 Å². The minimum absolute atomic E-state index is 0.282. The van der Waals surface area contributed by atoms with Crippen LogP contribution >= 0.6 is 0 Å². The summed E-state index contributed by atoms with van der Waals surface area (Å²) in [6.07, 6.45) is 1.18. The third kappa shape index (κ3) is 5.40. The molecule has 1 rings (SSSR count). The van der Waals surface area contributed by atoms with Gasteiger partial charge < -0.3 is 9.84 Å². The first-order chi connectivity index (χ1) is 9.54. The third-order valence-corrected chi connectivity index (χ3v) is 2.96. The predicted octanol–water partition coefficient (Wildman–Crippen LogP) is 1.61. The lowest BCUT2D eigenvalue weighted by Gasteiger charge is -2.19. The Hall–Kier alpha value is -1.88. The maximum absolute atomic E-state index is 11.8. The maximum Gasteiger partial charge on any atom is 0.323 e. The van der Waals surface area contributed by atoms with Crippen molar-refractivity contribution in [3.8, 4) is 0 Å². The number of benzene rings is 1. The molecule has 2 N–H and O–H groups in total. The topological polar surface area (TPSA) is 75.6 Å². The summed E-state index contributed by atoms with van der Waals surface area (Å²) in [5, 5.41) is 11.7. The van der Waals surface area contributed by atoms with Gasteiger partial charge >= 0.3 is 11.9 Å². The van der Waals surface area contributed by atoms with Gasteiger partial charge in [-0.25, -0.2) is 0 Å². The summed E-state index contributed by atoms with van der Waals surface area (Å²) in [4.78, 5) is 22.7. The van der Waals surface area contributed by atoms with Gasteiger partial charge in [-0.05, 0) is 32.3 Å². The van der Waals surface area contributed by atoms with Gasteiger partial charge in [-0.15, -0.1) is 0 Å². The summed E-state index contributed by atoms with van der Waals surface area (Å²) in [5.74, 6) is -1.39. The molecule has 5 nitrogen and oxygen atoms in total. The quantitative estimate of drug-likeness (QED) is 0.707. The first-order valence-electron chi connectivity index (χ1n) is 6.74. The molecule has 0 amide bonds. The molecule has 0 radical (unpaired) electrons. The van der Waals surface area contributed by atoms with E-state index < -0.39 is 24.0 Å². The first kappa shape index (κ1) is 16.2. The number of aliphatic carboxylic acids is 1. The highest BCUT2D eigenvalue weighted by molar-refractivity contribution is 5.78. The lowest BCUT2D eigenvalue weighted by molar-refractivity contribution is -0.147. The van der Waals surface area contributed by atoms with Gasteiger partial charge in [-0.2, -0.15) is 0 Å². The van der Waals surface area contributed by atoms with Crippen molar-refractivity contribution in [3.05, 3.63) is 35.9 Å². The molecular formula is C15H21NO4. The third-order valence-electron chi connectivity index (χ3n) is 2.96. The Labute approximate surface area is 118 Å². The molecule has 0 unspecified atom stereocenters. The molecule has 0 spiro atoms. The molecule has 110 valence electrons. The van der Waals surface area contributed by atoms with E-state index in [1.54, 1.807) is 6.92 Å². The van der Waals surface area contributed by atoms with E-state index in [4.69, 9.17) is 9.84 Å². The molecule has 0 saturated carbocycles. The zero-order valence-corrected chi connectivity index (χ0v) is 11.8. The van der Waals surface area contributed by atoms with Crippen LogP contribution in [-0.2, 0) is 20.7 Å². The zero-order chi connectivity index (χ0) is 15.0. The molecule has 0 saturated heterocycles. The highest BCUT2D eigenvalue weighted by Crippen LogP contribution is 2.07. The maximum atomic E-state index is 11.8. The molecule has 1 aromatic rings. The second kappa shape index (κ2) is 8.32. The fourth-order valence-electron chi connectivity index (χ4n) is 1.84. The van der Waals surface area contributed by atoms with Crippen LogP contribution in [0.3, 0.4) is 0 Å². The van der Waals surface area contributed by atoms with Crippen molar-refractivity contribution in [1.82, 2.24) is 5.32 Å². The normalized spacial score (nSPS) is 13.5. The molecule has 0 aliphatic heterocycles. The van der Waals surface area contributed by atoms with E-state index in [0.717, 1.165) is 5.56 Å². The number of ether oxygens (including phenoxy) is 1. The second-order valence-corrected chi connectivity index (χ2v) is 4.56. The number of hydrogen-bond donors (Lipinski definition) is 2. The molecule has 0 aliphatic carbocycles. The first-order valence-corrected chi connectivity index (χ1v) is 6.74. The fraction of sp³-hybridized carbons (Fsp3) is 0.467. The average molecular weight is 279 g/mol. The van der Waals surface area contributed by atoms with Crippen molar-refractivity contribution in [3.63, 3.8) is 0 Å². The van der Waals surface area contributed by atoms with Gasteiger partial charge in [-0.1, -0.05) is 30.3 Å². The van der Waals surface area contributed by atoms with Crippen LogP contribution in [0, 0.1) is 0 Å². The summed E-state index contributed by atoms with van der Waals surface area (Å²) >= 11 is 0. The van der Waals surface area contributed by atoms with Gasteiger partial charge in [0, 0.05) is 0 Å². The Morgan fingerprint density at radius 3 is 2.50 bits per heavy atom. The number of esters is 1. The van der Waals surface area contributed by atoms with Crippen molar-refractivity contribution >= 4 is 11.9 Å². The number of aryl methyl sites for hydroxylation is 1. The van der Waals surface area contributed by atoms with E-state index in [0.29, 0.717) is 12.8 Å². The molecule has 5 heteroatoms. The summed E-state index contributed by atoms with van der Waals surface area (Å²) in [5.41, 5.74) is 1.10. The van der Waals surface area contributed by atoms with Gasteiger partial charge in [-0.3, -0.25) is 14.9 Å². The molecule has 20 heavy (non-hydrogen) atoms. The second-order valence-electron chi connectivity index (χ2n) is 4.56. The van der Waals surface area contributed by atoms with E-state index in [9.17, 15) is 9.59 Å². The van der Waals surface area contributed by atoms with Crippen LogP contribution < -0.4 is 5.32 Å². The van der Waals surface area contributed by atoms with Crippen LogP contribution in [0.25, 0.3) is 0 Å². The number of rotatable bonds is 8. The lowest BCUT2D eigenvalue weighted by atomic mass is 10.0. The van der Waals surface area contributed by atoms with E-state index in [1.165, 1.54) is 6.92 Å². The van der Waals surface area contributed by atoms with Gasteiger partial charge in [0.05, 0.1) is 6.61 Å². The highest BCUT2D eigenvalue weighted by atomic mass is 16.5. The number of carboxylic acids is 1. The molecule has 0 heterocycles. The Morgan fingerprint density at radius 2 is 1.95 bits per heavy atom. The predicted molar refractivity (Wildman–Crippen MR) is 75.4 cm³/mol. The Morgan fingerprint density at radius 1 is 1.30 bits per heavy atom. The molecule has 0 bridgehead atoms. The molecule has 0 aliphatic rings. The minimum atomic E-state index is -0.987. The Kier molecular flexibility index (Phi) is 6.73. The molecule has 0 fully saturated rings. The number of carbonyl (C=O) groups excluding carboxylic acids is 1. The van der Waals surface area contributed by atoms with Crippen molar-refractivity contribution in [2.45, 2.75) is 38.8 Å². The van der Waals surface area contributed by atoms with Crippen molar-refractivity contribution < 1.29 is 19.4 Å². The van der Waals surface area contributed by atoms with Crippen molar-refractivity contribution in [2.24, 2.45) is 0 Å². The molecule has 2 atom stereocenters. The monoisotopic (exact) mass is 279 g/mol. The standard InChI is InChI=1S/C15H21NO4/c1-3-20-15(19)13(16-11(2)14(17)18)10-9-12-7-5-4-6-8-12/h4-8,11,13,16H,3,9-10H2,1-2H3,(H,17,18)/t11-,13-/m0/s1. The summed E-state index contributed by atoms with van der Waals surface area (Å²) in [6.45, 7) is 3.52. The smallest absolute Gasteiger partial charge is 0.323 e. The highest BCUT2D eigenvalue weighted by Gasteiger charge is 2.24. The molecular weight excluding hydrogens is 258 g/mol. The van der Waals surface area contributed by atoms with Gasteiger partial charge in [0.15, 0.2) is 0 Å². The van der Waals surface area contributed by atoms with Gasteiger partial charge in [0.1, 0.15) is 12.1 Å². The summed E-state index contributed by atoms with van der Waals surface area (Å²) < 4.78 is 4.98. The van der Waals surface area contributed by atoms with Crippen molar-refractivity contribution in [2.75, 3.05) is 6.61 Å². The number of nitrogens with one attached hydrogen (secondary N) is 1. The summed E-state index contributed by atoms with van der Waals surface area (Å²) in [7, 11) is 0. The largest absolute Gasteiger partial charge is 0.480 e. The zero-order valence-electron chi connectivity index (χ0n) is 11.8. The van der Waals surface area contributed by atoms with Crippen LogP contribution in [-0.4, -0.2) is 35.7 Å². The Bertz CT molecular complexity index is 433. The van der Waals surface area contributed by atoms with Crippen LogP contribution in [0.1, 0.15) is 25.8 Å². The van der Waals surface area contributed by atoms with Crippen LogP contribution in [0.5, 0.6) is 0 Å². The van der Waals surface area contributed by atoms with Crippen LogP contribution in [0.2, 0.25) is 0 Å². The van der Waals surface area contributed by atoms with Gasteiger partial charge in [0.25, 0.3) is 0 Å². The molecule has 0 aromatic heterocycles. The van der Waals surface area contributed by atoms with E-state index in [1.807, 2.05) is 30.3 Å². The average Bonchev–Trinajstić information content (AvgIpc) is 2.44. The summed E-state index contributed by atoms with van der Waals surface area (Å²) in [6, 6.07) is 8.34. The number of hydrogen-bond acceptors (Lipinski definition) is 4. The minimum Gasteiger partial charge on any atom is -0.480 e. The van der Waals surface area contributed by atoms with E-state index in [-0.39, 0.29) is 6.61 Å².